The van der Waals surface area contributed by atoms with Crippen molar-refractivity contribution >= 4 is 15.7 Å². The Morgan fingerprint density at radius 3 is 1.42 bits per heavy atom. The van der Waals surface area contributed by atoms with Crippen LogP contribution in [-0.4, -0.2) is 15.7 Å². The molecule has 0 saturated heterocycles. The van der Waals surface area contributed by atoms with Crippen molar-refractivity contribution in [1.29, 1.82) is 0 Å². The summed E-state index contributed by atoms with van der Waals surface area (Å²) >= 11 is 0. The van der Waals surface area contributed by atoms with Gasteiger partial charge in [-0.3, -0.25) is 0 Å². The minimum atomic E-state index is 0.277. The van der Waals surface area contributed by atoms with Crippen molar-refractivity contribution in [3.8, 4) is 0 Å². The molecule has 0 aromatic carbocycles. The van der Waals surface area contributed by atoms with Crippen molar-refractivity contribution in [2.75, 3.05) is 0 Å². The molecule has 0 aromatic rings. The summed E-state index contributed by atoms with van der Waals surface area (Å²) in [5, 5.41) is 0. The SMILES string of the molecule is [B]C1CC(C(C)(C)C)C(CCCC2CC([B])C(C(C)(C)C)C2C(C)(C)C)C1C(C)(C)C. The molecule has 176 valence electrons. The molecule has 0 nitrogen and oxygen atoms in total. The standard InChI is InChI=1S/C29H54B2/c1-26(2,3)20-17-22(31)24(28(7,8)9)19(20)15-13-14-18-16-21(30)25(29(10,11)12)23(18)27(4,5)6/h18-25H,13-17H2,1-12H3. The zero-order valence-electron chi connectivity index (χ0n) is 23.3. The van der Waals surface area contributed by atoms with E-state index >= 15 is 0 Å². The maximum atomic E-state index is 6.80. The molecule has 2 aliphatic carbocycles. The topological polar surface area (TPSA) is 0 Å². The van der Waals surface area contributed by atoms with Crippen molar-refractivity contribution in [3.05, 3.63) is 0 Å². The molecule has 2 heteroatoms. The second-order valence-corrected chi connectivity index (χ2v) is 15.8. The van der Waals surface area contributed by atoms with E-state index in [2.05, 4.69) is 83.1 Å². The zero-order valence-corrected chi connectivity index (χ0v) is 23.3. The Morgan fingerprint density at radius 1 is 0.548 bits per heavy atom. The van der Waals surface area contributed by atoms with Gasteiger partial charge in [-0.1, -0.05) is 120 Å². The summed E-state index contributed by atoms with van der Waals surface area (Å²) in [6.07, 6.45) is 6.40. The van der Waals surface area contributed by atoms with Crippen molar-refractivity contribution in [2.24, 2.45) is 57.2 Å². The first-order chi connectivity index (χ1) is 13.8. The molecule has 0 aromatic heterocycles. The molecule has 0 bridgehead atoms. The first-order valence-corrected chi connectivity index (χ1v) is 13.3. The van der Waals surface area contributed by atoms with E-state index in [-0.39, 0.29) is 10.8 Å². The van der Waals surface area contributed by atoms with Gasteiger partial charge in [-0.25, -0.2) is 0 Å². The van der Waals surface area contributed by atoms with Crippen LogP contribution in [0.1, 0.15) is 115 Å². The van der Waals surface area contributed by atoms with Gasteiger partial charge in [0.25, 0.3) is 0 Å². The molecule has 8 atom stereocenters. The van der Waals surface area contributed by atoms with Crippen LogP contribution in [0.25, 0.3) is 0 Å². The Hall–Kier alpha value is 0.130. The predicted molar refractivity (Wildman–Crippen MR) is 141 cm³/mol. The molecule has 2 fully saturated rings. The highest BCUT2D eigenvalue weighted by atomic mass is 14.6. The fourth-order valence-electron chi connectivity index (χ4n) is 8.39. The average Bonchev–Trinajstić information content (AvgIpc) is 3.03. The molecule has 0 aliphatic heterocycles. The fraction of sp³-hybridized carbons (Fsp3) is 1.00. The summed E-state index contributed by atoms with van der Waals surface area (Å²) in [7, 11) is 13.6. The second-order valence-electron chi connectivity index (χ2n) is 15.8. The van der Waals surface area contributed by atoms with Crippen molar-refractivity contribution < 1.29 is 0 Å². The maximum absolute atomic E-state index is 6.80. The number of rotatable bonds is 4. The van der Waals surface area contributed by atoms with Crippen LogP contribution in [0, 0.1) is 57.2 Å². The van der Waals surface area contributed by atoms with Gasteiger partial charge in [0, 0.05) is 0 Å². The normalized spacial score (nSPS) is 38.1. The first kappa shape index (κ1) is 27.4. The van der Waals surface area contributed by atoms with Crippen LogP contribution in [0.3, 0.4) is 0 Å². The van der Waals surface area contributed by atoms with Crippen LogP contribution in [0.4, 0.5) is 0 Å². The zero-order chi connectivity index (χ0) is 24.2. The molecule has 0 N–H and O–H groups in total. The summed E-state index contributed by atoms with van der Waals surface area (Å²) < 4.78 is 0. The third-order valence-corrected chi connectivity index (χ3v) is 9.12. The van der Waals surface area contributed by atoms with E-state index in [4.69, 9.17) is 15.7 Å². The Labute approximate surface area is 199 Å². The fourth-order valence-corrected chi connectivity index (χ4v) is 8.39. The highest BCUT2D eigenvalue weighted by Gasteiger charge is 2.51. The lowest BCUT2D eigenvalue weighted by Crippen LogP contribution is -2.37. The van der Waals surface area contributed by atoms with E-state index in [1.165, 1.54) is 32.1 Å². The van der Waals surface area contributed by atoms with Gasteiger partial charge in [0.2, 0.25) is 0 Å². The lowest BCUT2D eigenvalue weighted by Gasteiger charge is -2.44. The highest BCUT2D eigenvalue weighted by Crippen LogP contribution is 2.60. The summed E-state index contributed by atoms with van der Waals surface area (Å²) in [6, 6.07) is 0. The minimum absolute atomic E-state index is 0.277. The molecule has 2 saturated carbocycles. The first-order valence-electron chi connectivity index (χ1n) is 13.3. The van der Waals surface area contributed by atoms with Crippen molar-refractivity contribution in [1.82, 2.24) is 0 Å². The molecular formula is C29H54B2. The lowest BCUT2D eigenvalue weighted by molar-refractivity contribution is 0.0629. The second kappa shape index (κ2) is 9.06. The van der Waals surface area contributed by atoms with Gasteiger partial charge in [-0.05, 0) is 63.6 Å². The Bertz CT molecular complexity index is 580. The van der Waals surface area contributed by atoms with Gasteiger partial charge in [-0.15, -0.1) is 0 Å². The Kier molecular flexibility index (Phi) is 8.00. The molecule has 4 radical (unpaired) electrons. The summed E-state index contributed by atoms with van der Waals surface area (Å²) in [6.45, 7) is 29.1. The lowest BCUT2D eigenvalue weighted by atomic mass is 9.59. The quantitative estimate of drug-likeness (QED) is 0.396. The van der Waals surface area contributed by atoms with E-state index in [1.54, 1.807) is 0 Å². The molecule has 31 heavy (non-hydrogen) atoms. The molecule has 8 unspecified atom stereocenters. The van der Waals surface area contributed by atoms with Gasteiger partial charge < -0.3 is 0 Å². The third-order valence-electron chi connectivity index (χ3n) is 9.12. The van der Waals surface area contributed by atoms with Crippen LogP contribution in [-0.2, 0) is 0 Å². The average molecular weight is 424 g/mol. The third kappa shape index (κ3) is 6.18. The van der Waals surface area contributed by atoms with E-state index in [9.17, 15) is 0 Å². The smallest absolute Gasteiger partial charge is 0.0703 e. The van der Waals surface area contributed by atoms with Crippen LogP contribution < -0.4 is 0 Å². The summed E-state index contributed by atoms with van der Waals surface area (Å²) in [5.74, 6) is 4.89. The van der Waals surface area contributed by atoms with Crippen molar-refractivity contribution in [2.45, 2.75) is 127 Å². The van der Waals surface area contributed by atoms with Crippen LogP contribution in [0.2, 0.25) is 11.6 Å². The van der Waals surface area contributed by atoms with Crippen LogP contribution in [0.15, 0.2) is 0 Å². The van der Waals surface area contributed by atoms with Crippen molar-refractivity contribution in [3.63, 3.8) is 0 Å². The maximum Gasteiger partial charge on any atom is 0.0703 e. The minimum Gasteiger partial charge on any atom is -0.0735 e. The largest absolute Gasteiger partial charge is 0.0735 e. The van der Waals surface area contributed by atoms with E-state index in [0.29, 0.717) is 40.2 Å². The van der Waals surface area contributed by atoms with Gasteiger partial charge in [-0.2, -0.15) is 0 Å². The molecule has 0 amide bonds. The molecule has 2 rings (SSSR count). The van der Waals surface area contributed by atoms with Gasteiger partial charge in [0.05, 0.1) is 15.7 Å². The summed E-state index contributed by atoms with van der Waals surface area (Å²) in [4.78, 5) is 0. The van der Waals surface area contributed by atoms with E-state index in [1.807, 2.05) is 0 Å². The van der Waals surface area contributed by atoms with Crippen LogP contribution in [0.5, 0.6) is 0 Å². The van der Waals surface area contributed by atoms with E-state index in [0.717, 1.165) is 17.8 Å². The van der Waals surface area contributed by atoms with E-state index < -0.39 is 0 Å². The van der Waals surface area contributed by atoms with Gasteiger partial charge in [0.1, 0.15) is 0 Å². The molecule has 0 spiro atoms. The molecule has 2 aliphatic rings. The number of hydrogen-bond donors (Lipinski definition) is 0. The molecular weight excluding hydrogens is 370 g/mol. The van der Waals surface area contributed by atoms with Gasteiger partial charge in [0.15, 0.2) is 0 Å². The van der Waals surface area contributed by atoms with Gasteiger partial charge >= 0.3 is 0 Å². The predicted octanol–water partition coefficient (Wildman–Crippen LogP) is 8.76. The monoisotopic (exact) mass is 424 g/mol. The highest BCUT2D eigenvalue weighted by molar-refractivity contribution is 6.12. The summed E-state index contributed by atoms with van der Waals surface area (Å²) in [5.41, 5.74) is 1.21. The number of hydrogen-bond acceptors (Lipinski definition) is 0. The Balaban J connectivity index is 2.17. The molecule has 0 heterocycles. The Morgan fingerprint density at radius 2 is 1.00 bits per heavy atom. The van der Waals surface area contributed by atoms with Crippen LogP contribution >= 0.6 is 0 Å².